The van der Waals surface area contributed by atoms with Gasteiger partial charge >= 0.3 is 133 Å². The molecule has 0 radical (unpaired) electrons. The minimum atomic E-state index is -2.48. The van der Waals surface area contributed by atoms with Gasteiger partial charge in [0.1, 0.15) is 0 Å². The summed E-state index contributed by atoms with van der Waals surface area (Å²) in [5.41, 5.74) is 0.0901. The van der Waals surface area contributed by atoms with E-state index in [1.165, 1.54) is 51.8 Å². The molecule has 0 spiro atoms. The molecule has 0 aliphatic rings. The number of hydrogen-bond acceptors (Lipinski definition) is 1. The SMILES string of the molecule is C=C([O][Sn]([CH2]CCC)([CH2]CCC)[CH2]CCC)C(C)(C)C. The molecule has 0 aromatic carbocycles. The predicted octanol–water partition coefficient (Wildman–Crippen LogP) is 6.91. The Bertz CT molecular complexity index is 243. The van der Waals surface area contributed by atoms with Crippen LogP contribution in [0.5, 0.6) is 0 Å². The Balaban J connectivity index is 4.97. The van der Waals surface area contributed by atoms with E-state index in [9.17, 15) is 0 Å². The summed E-state index contributed by atoms with van der Waals surface area (Å²) in [6, 6.07) is 0. The molecule has 0 unspecified atom stereocenters. The van der Waals surface area contributed by atoms with Gasteiger partial charge < -0.3 is 0 Å². The van der Waals surface area contributed by atoms with Crippen molar-refractivity contribution in [2.75, 3.05) is 0 Å². The Morgan fingerprint density at radius 1 is 0.850 bits per heavy atom. The Morgan fingerprint density at radius 3 is 1.45 bits per heavy atom. The molecule has 0 fully saturated rings. The van der Waals surface area contributed by atoms with Crippen LogP contribution in [-0.2, 0) is 3.07 Å². The predicted molar refractivity (Wildman–Crippen MR) is 94.6 cm³/mol. The van der Waals surface area contributed by atoms with Gasteiger partial charge in [0.05, 0.1) is 0 Å². The molecule has 2 heteroatoms. The third-order valence-electron chi connectivity index (χ3n) is 4.13. The normalized spacial score (nSPS) is 12.5. The Hall–Kier alpha value is 0.339. The molecule has 0 saturated carbocycles. The molecular formula is C18H38OSn. The molecule has 0 aromatic rings. The third-order valence-corrected chi connectivity index (χ3v) is 16.9. The van der Waals surface area contributed by atoms with Gasteiger partial charge in [-0.1, -0.05) is 0 Å². The van der Waals surface area contributed by atoms with E-state index >= 15 is 0 Å². The molecule has 20 heavy (non-hydrogen) atoms. The fraction of sp³-hybridized carbons (Fsp3) is 0.889. The van der Waals surface area contributed by atoms with E-state index in [1.807, 2.05) is 0 Å². The summed E-state index contributed by atoms with van der Waals surface area (Å²) < 4.78 is 10.9. The van der Waals surface area contributed by atoms with E-state index in [-0.39, 0.29) is 5.41 Å². The van der Waals surface area contributed by atoms with E-state index in [2.05, 4.69) is 48.1 Å². The van der Waals surface area contributed by atoms with Crippen molar-refractivity contribution >= 4 is 18.8 Å². The van der Waals surface area contributed by atoms with Crippen LogP contribution < -0.4 is 0 Å². The van der Waals surface area contributed by atoms with Crippen molar-refractivity contribution in [2.24, 2.45) is 5.41 Å². The van der Waals surface area contributed by atoms with Gasteiger partial charge in [0, 0.05) is 0 Å². The van der Waals surface area contributed by atoms with Crippen molar-refractivity contribution in [2.45, 2.75) is 93.4 Å². The van der Waals surface area contributed by atoms with E-state index in [4.69, 9.17) is 3.07 Å². The zero-order chi connectivity index (χ0) is 15.6. The monoisotopic (exact) mass is 390 g/mol. The van der Waals surface area contributed by atoms with Crippen LogP contribution >= 0.6 is 0 Å². The molecule has 0 amide bonds. The molecule has 0 aliphatic carbocycles. The standard InChI is InChI=1S/C6H12O.3C4H9.Sn/c1-5(7)6(2,3)4;3*1-3-4-2;/h7H,1H2,2-4H3;3*1,3-4H2,2H3;/q;;;;+1/p-1. The van der Waals surface area contributed by atoms with Gasteiger partial charge in [-0.3, -0.25) is 0 Å². The summed E-state index contributed by atoms with van der Waals surface area (Å²) in [4.78, 5) is 0. The summed E-state index contributed by atoms with van der Waals surface area (Å²) in [5.74, 6) is 1.05. The van der Waals surface area contributed by atoms with Crippen LogP contribution in [0.25, 0.3) is 0 Å². The molecule has 0 aliphatic heterocycles. The van der Waals surface area contributed by atoms with Crippen LogP contribution in [0.4, 0.5) is 0 Å². The molecule has 0 heterocycles. The van der Waals surface area contributed by atoms with Crippen LogP contribution in [0, 0.1) is 5.41 Å². The van der Waals surface area contributed by atoms with Crippen molar-refractivity contribution in [3.8, 4) is 0 Å². The average molecular weight is 389 g/mol. The first-order valence-corrected chi connectivity index (χ1v) is 15.9. The summed E-state index contributed by atoms with van der Waals surface area (Å²) in [6.07, 6.45) is 7.93. The number of rotatable bonds is 11. The second-order valence-electron chi connectivity index (χ2n) is 7.27. The summed E-state index contributed by atoms with van der Waals surface area (Å²) in [5, 5.41) is 0. The van der Waals surface area contributed by atoms with Gasteiger partial charge in [0.2, 0.25) is 0 Å². The molecule has 0 N–H and O–H groups in total. The van der Waals surface area contributed by atoms with Gasteiger partial charge in [-0.25, -0.2) is 0 Å². The Labute approximate surface area is 133 Å². The number of allylic oxidation sites excluding steroid dienone is 1. The van der Waals surface area contributed by atoms with Gasteiger partial charge in [-0.05, 0) is 0 Å². The second kappa shape index (κ2) is 10.1. The second-order valence-corrected chi connectivity index (χ2v) is 18.9. The van der Waals surface area contributed by atoms with E-state index in [1.54, 1.807) is 0 Å². The Morgan fingerprint density at radius 2 is 1.20 bits per heavy atom. The van der Waals surface area contributed by atoms with Gasteiger partial charge in [0.15, 0.2) is 0 Å². The van der Waals surface area contributed by atoms with Gasteiger partial charge in [0.25, 0.3) is 0 Å². The summed E-state index contributed by atoms with van der Waals surface area (Å²) >= 11 is -2.48. The summed E-state index contributed by atoms with van der Waals surface area (Å²) in [6.45, 7) is 17.8. The molecule has 0 bridgehead atoms. The molecule has 0 atom stereocenters. The summed E-state index contributed by atoms with van der Waals surface area (Å²) in [7, 11) is 0. The van der Waals surface area contributed by atoms with Crippen molar-refractivity contribution in [1.82, 2.24) is 0 Å². The number of unbranched alkanes of at least 4 members (excludes halogenated alkanes) is 3. The topological polar surface area (TPSA) is 9.23 Å². The van der Waals surface area contributed by atoms with Crippen LogP contribution in [0.2, 0.25) is 13.3 Å². The zero-order valence-electron chi connectivity index (χ0n) is 15.0. The maximum atomic E-state index is 6.72. The fourth-order valence-electron chi connectivity index (χ4n) is 2.44. The van der Waals surface area contributed by atoms with Crippen LogP contribution in [0.1, 0.15) is 80.1 Å². The first-order chi connectivity index (χ1) is 9.31. The van der Waals surface area contributed by atoms with Crippen molar-refractivity contribution < 1.29 is 3.07 Å². The average Bonchev–Trinajstić information content (AvgIpc) is 2.39. The molecule has 0 aromatic heterocycles. The van der Waals surface area contributed by atoms with Crippen LogP contribution in [0.3, 0.4) is 0 Å². The molecule has 0 rings (SSSR count). The molecule has 0 saturated heterocycles. The number of hydrogen-bond donors (Lipinski definition) is 0. The third kappa shape index (κ3) is 7.95. The first kappa shape index (κ1) is 20.3. The van der Waals surface area contributed by atoms with Crippen molar-refractivity contribution in [3.05, 3.63) is 12.3 Å². The van der Waals surface area contributed by atoms with Crippen molar-refractivity contribution in [3.63, 3.8) is 0 Å². The van der Waals surface area contributed by atoms with Crippen LogP contribution in [0.15, 0.2) is 12.3 Å². The minimum absolute atomic E-state index is 0.0901. The van der Waals surface area contributed by atoms with Crippen molar-refractivity contribution in [1.29, 1.82) is 0 Å². The maximum absolute atomic E-state index is 6.72. The fourth-order valence-corrected chi connectivity index (χ4v) is 16.4. The Kier molecular flexibility index (Phi) is 10.3. The molecular weight excluding hydrogens is 351 g/mol. The molecule has 120 valence electrons. The zero-order valence-corrected chi connectivity index (χ0v) is 17.8. The van der Waals surface area contributed by atoms with E-state index in [0.717, 1.165) is 5.76 Å². The first-order valence-electron chi connectivity index (χ1n) is 8.69. The quantitative estimate of drug-likeness (QED) is 0.276. The van der Waals surface area contributed by atoms with Gasteiger partial charge in [-0.2, -0.15) is 0 Å². The molecule has 1 nitrogen and oxygen atoms in total. The van der Waals surface area contributed by atoms with E-state index < -0.39 is 18.8 Å². The van der Waals surface area contributed by atoms with Crippen LogP contribution in [-0.4, -0.2) is 18.8 Å². The van der Waals surface area contributed by atoms with Gasteiger partial charge in [-0.15, -0.1) is 0 Å². The van der Waals surface area contributed by atoms with E-state index in [0.29, 0.717) is 0 Å².